The number of anilines is 2. The highest BCUT2D eigenvalue weighted by atomic mass is 32.2. The van der Waals surface area contributed by atoms with Crippen LogP contribution in [0.3, 0.4) is 0 Å². The zero-order valence-corrected chi connectivity index (χ0v) is 13.9. The number of thioether (sulfide) groups is 1. The molecule has 21 heavy (non-hydrogen) atoms. The molecule has 1 aromatic rings. The molecule has 2 saturated heterocycles. The maximum absolute atomic E-state index is 3.73. The molecule has 1 N–H and O–H groups in total. The maximum Gasteiger partial charge on any atom is 0.0387 e. The van der Waals surface area contributed by atoms with Crippen molar-refractivity contribution in [1.82, 2.24) is 4.90 Å². The molecule has 3 nitrogen and oxygen atoms in total. The van der Waals surface area contributed by atoms with Gasteiger partial charge in [-0.2, -0.15) is 11.8 Å². The molecule has 4 heteroatoms. The number of benzene rings is 1. The summed E-state index contributed by atoms with van der Waals surface area (Å²) < 4.78 is 0. The highest BCUT2D eigenvalue weighted by molar-refractivity contribution is 7.99. The minimum absolute atomic E-state index is 0.665. The number of rotatable bonds is 4. The highest BCUT2D eigenvalue weighted by Gasteiger charge is 2.17. The van der Waals surface area contributed by atoms with E-state index in [0.717, 1.165) is 13.1 Å². The van der Waals surface area contributed by atoms with E-state index in [-0.39, 0.29) is 0 Å². The number of nitrogens with one attached hydrogen (secondary N) is 1. The summed E-state index contributed by atoms with van der Waals surface area (Å²) >= 11 is 2.08. The van der Waals surface area contributed by atoms with Gasteiger partial charge in [-0.1, -0.05) is 13.0 Å². The van der Waals surface area contributed by atoms with Crippen LogP contribution in [0.25, 0.3) is 0 Å². The molecule has 2 aliphatic rings. The second-order valence-electron chi connectivity index (χ2n) is 6.00. The Morgan fingerprint density at radius 1 is 1.14 bits per heavy atom. The van der Waals surface area contributed by atoms with Crippen LogP contribution < -0.4 is 10.2 Å². The topological polar surface area (TPSA) is 18.5 Å². The number of likely N-dealkylation sites (N-methyl/N-ethyl adjacent to an activating group) is 1. The van der Waals surface area contributed by atoms with E-state index >= 15 is 0 Å². The van der Waals surface area contributed by atoms with Crippen LogP contribution in [0.4, 0.5) is 11.4 Å². The molecule has 0 atom stereocenters. The molecule has 2 heterocycles. The van der Waals surface area contributed by atoms with Crippen molar-refractivity contribution in [2.45, 2.75) is 25.8 Å². The van der Waals surface area contributed by atoms with E-state index in [1.54, 1.807) is 0 Å². The van der Waals surface area contributed by atoms with Gasteiger partial charge in [0.05, 0.1) is 0 Å². The van der Waals surface area contributed by atoms with E-state index in [4.69, 9.17) is 0 Å². The molecular formula is C17H27N3S. The second kappa shape index (κ2) is 7.41. The monoisotopic (exact) mass is 305 g/mol. The summed E-state index contributed by atoms with van der Waals surface area (Å²) in [6.07, 6.45) is 2.59. The first-order valence-electron chi connectivity index (χ1n) is 8.27. The molecule has 2 fully saturated rings. The van der Waals surface area contributed by atoms with Gasteiger partial charge in [-0.15, -0.1) is 0 Å². The molecule has 0 aromatic heterocycles. The fourth-order valence-corrected chi connectivity index (χ4v) is 4.30. The van der Waals surface area contributed by atoms with Gasteiger partial charge in [0.15, 0.2) is 0 Å². The van der Waals surface area contributed by atoms with Gasteiger partial charge in [0.2, 0.25) is 0 Å². The molecular weight excluding hydrogens is 278 g/mol. The number of piperazine rings is 1. The average molecular weight is 305 g/mol. The third kappa shape index (κ3) is 4.07. The molecule has 0 unspecified atom stereocenters. The molecule has 3 rings (SSSR count). The van der Waals surface area contributed by atoms with Gasteiger partial charge < -0.3 is 15.1 Å². The first-order valence-corrected chi connectivity index (χ1v) is 9.42. The first kappa shape index (κ1) is 15.0. The van der Waals surface area contributed by atoms with Crippen molar-refractivity contribution in [3.05, 3.63) is 24.3 Å². The van der Waals surface area contributed by atoms with Crippen molar-refractivity contribution in [3.8, 4) is 0 Å². The van der Waals surface area contributed by atoms with Crippen molar-refractivity contribution in [2.75, 3.05) is 54.4 Å². The molecule has 0 spiro atoms. The summed E-state index contributed by atoms with van der Waals surface area (Å²) in [7, 11) is 0. The van der Waals surface area contributed by atoms with Gasteiger partial charge in [-0.3, -0.25) is 0 Å². The summed E-state index contributed by atoms with van der Waals surface area (Å²) in [6, 6.07) is 9.67. The lowest BCUT2D eigenvalue weighted by Gasteiger charge is -2.35. The summed E-state index contributed by atoms with van der Waals surface area (Å²) in [5.41, 5.74) is 2.67. The Balaban J connectivity index is 1.60. The molecule has 0 radical (unpaired) electrons. The largest absolute Gasteiger partial charge is 0.382 e. The van der Waals surface area contributed by atoms with Gasteiger partial charge in [0.25, 0.3) is 0 Å². The summed E-state index contributed by atoms with van der Waals surface area (Å²) in [4.78, 5) is 5.05. The van der Waals surface area contributed by atoms with Gasteiger partial charge in [-0.05, 0) is 49.1 Å². The molecule has 0 bridgehead atoms. The Morgan fingerprint density at radius 2 is 1.90 bits per heavy atom. The lowest BCUT2D eigenvalue weighted by atomic mass is 10.1. The number of hydrogen-bond donors (Lipinski definition) is 1. The van der Waals surface area contributed by atoms with Crippen LogP contribution in [0.5, 0.6) is 0 Å². The van der Waals surface area contributed by atoms with Crippen LogP contribution in [0.2, 0.25) is 0 Å². The molecule has 116 valence electrons. The van der Waals surface area contributed by atoms with Crippen molar-refractivity contribution in [2.24, 2.45) is 0 Å². The fraction of sp³-hybridized carbons (Fsp3) is 0.647. The Hall–Kier alpha value is -0.870. The zero-order valence-electron chi connectivity index (χ0n) is 13.1. The predicted molar refractivity (Wildman–Crippen MR) is 94.7 cm³/mol. The van der Waals surface area contributed by atoms with Crippen LogP contribution in [0.15, 0.2) is 24.3 Å². The van der Waals surface area contributed by atoms with Crippen LogP contribution in [-0.2, 0) is 0 Å². The van der Waals surface area contributed by atoms with Crippen molar-refractivity contribution in [1.29, 1.82) is 0 Å². The quantitative estimate of drug-likeness (QED) is 0.921. The second-order valence-corrected chi connectivity index (χ2v) is 7.23. The van der Waals surface area contributed by atoms with E-state index in [1.807, 2.05) is 0 Å². The van der Waals surface area contributed by atoms with Gasteiger partial charge >= 0.3 is 0 Å². The zero-order chi connectivity index (χ0) is 14.5. The molecule has 0 aliphatic carbocycles. The average Bonchev–Trinajstić information content (AvgIpc) is 2.56. The van der Waals surface area contributed by atoms with E-state index in [9.17, 15) is 0 Å². The molecule has 0 amide bonds. The normalized spacial score (nSPS) is 21.5. The Labute approximate surface area is 133 Å². The van der Waals surface area contributed by atoms with Gasteiger partial charge in [0.1, 0.15) is 0 Å². The minimum Gasteiger partial charge on any atom is -0.382 e. The standard InChI is InChI=1S/C17H27N3S/c1-2-19-8-10-20(11-9-19)17-5-3-4-16(14-17)18-15-6-12-21-13-7-15/h3-5,14-15,18H,2,6-13H2,1H3. The van der Waals surface area contributed by atoms with E-state index < -0.39 is 0 Å². The molecule has 0 saturated carbocycles. The SMILES string of the molecule is CCN1CCN(c2cccc(NC3CCSCC3)c2)CC1. The Bertz CT molecular complexity index is 437. The summed E-state index contributed by atoms with van der Waals surface area (Å²) in [5, 5.41) is 3.73. The molecule has 2 aliphatic heterocycles. The Kier molecular flexibility index (Phi) is 5.31. The van der Waals surface area contributed by atoms with Crippen molar-refractivity contribution in [3.63, 3.8) is 0 Å². The smallest absolute Gasteiger partial charge is 0.0387 e. The lowest BCUT2D eigenvalue weighted by molar-refractivity contribution is 0.271. The molecule has 1 aromatic carbocycles. The van der Waals surface area contributed by atoms with Crippen LogP contribution in [-0.4, -0.2) is 55.2 Å². The summed E-state index contributed by atoms with van der Waals surface area (Å²) in [6.45, 7) is 8.11. The van der Waals surface area contributed by atoms with E-state index in [2.05, 4.69) is 58.1 Å². The predicted octanol–water partition coefficient (Wildman–Crippen LogP) is 3.14. The van der Waals surface area contributed by atoms with Crippen molar-refractivity contribution < 1.29 is 0 Å². The highest BCUT2D eigenvalue weighted by Crippen LogP contribution is 2.24. The maximum atomic E-state index is 3.73. The number of nitrogens with zero attached hydrogens (tertiary/aromatic N) is 2. The van der Waals surface area contributed by atoms with E-state index in [0.29, 0.717) is 6.04 Å². The fourth-order valence-electron chi connectivity index (χ4n) is 3.19. The third-order valence-corrected chi connectivity index (χ3v) is 5.67. The van der Waals surface area contributed by atoms with Crippen molar-refractivity contribution >= 4 is 23.1 Å². The van der Waals surface area contributed by atoms with Crippen LogP contribution in [0, 0.1) is 0 Å². The van der Waals surface area contributed by atoms with E-state index in [1.165, 1.54) is 55.4 Å². The first-order chi connectivity index (χ1) is 10.3. The van der Waals surface area contributed by atoms with Gasteiger partial charge in [0, 0.05) is 43.6 Å². The third-order valence-electron chi connectivity index (χ3n) is 4.62. The Morgan fingerprint density at radius 3 is 2.62 bits per heavy atom. The minimum atomic E-state index is 0.665. The lowest BCUT2D eigenvalue weighted by Crippen LogP contribution is -2.46. The van der Waals surface area contributed by atoms with Gasteiger partial charge in [-0.25, -0.2) is 0 Å². The summed E-state index contributed by atoms with van der Waals surface area (Å²) in [5.74, 6) is 2.60. The van der Waals surface area contributed by atoms with Crippen LogP contribution in [0.1, 0.15) is 19.8 Å². The van der Waals surface area contributed by atoms with Crippen LogP contribution >= 0.6 is 11.8 Å². The number of hydrogen-bond acceptors (Lipinski definition) is 4.